The topological polar surface area (TPSA) is 87.7 Å². The van der Waals surface area contributed by atoms with Gasteiger partial charge in [-0.1, -0.05) is 60.0 Å². The average Bonchev–Trinajstić information content (AvgIpc) is 2.88. The van der Waals surface area contributed by atoms with Crippen LogP contribution in [-0.4, -0.2) is 60.0 Å². The largest absolute Gasteiger partial charge is 0.463 e. The maximum atomic E-state index is 14.0. The molecule has 1 unspecified atom stereocenters. The van der Waals surface area contributed by atoms with Crippen molar-refractivity contribution in [1.82, 2.24) is 15.5 Å². The highest BCUT2D eigenvalue weighted by Crippen LogP contribution is 2.29. The zero-order chi connectivity index (χ0) is 27.5. The minimum absolute atomic E-state index is 0.0866. The molecule has 1 saturated carbocycles. The molecule has 3 atom stereocenters. The summed E-state index contributed by atoms with van der Waals surface area (Å²) in [6.45, 7) is 16.1. The molecule has 1 aliphatic carbocycles. The van der Waals surface area contributed by atoms with E-state index in [1.165, 1.54) is 6.42 Å². The number of amides is 2. The highest BCUT2D eigenvalue weighted by atomic mass is 16.5. The third-order valence-corrected chi connectivity index (χ3v) is 7.95. The molecule has 36 heavy (non-hydrogen) atoms. The lowest BCUT2D eigenvalue weighted by Gasteiger charge is -2.40. The van der Waals surface area contributed by atoms with Crippen molar-refractivity contribution in [3.8, 4) is 0 Å². The minimum atomic E-state index is -0.709. The fourth-order valence-electron chi connectivity index (χ4n) is 5.23. The first kappa shape index (κ1) is 32.1. The monoisotopic (exact) mass is 507 g/mol. The minimum Gasteiger partial charge on any atom is -0.463 e. The average molecular weight is 508 g/mol. The summed E-state index contributed by atoms with van der Waals surface area (Å²) in [4.78, 5) is 41.8. The van der Waals surface area contributed by atoms with E-state index in [0.29, 0.717) is 25.0 Å². The van der Waals surface area contributed by atoms with Gasteiger partial charge < -0.3 is 20.3 Å². The van der Waals surface area contributed by atoms with Crippen molar-refractivity contribution in [3.05, 3.63) is 11.6 Å². The SMILES string of the molecule is CCOC(=O)/C(C)=C/[C@H](C(C)C)N(C)C(=O)[C@@H](NC(=O)C(CC)(CC)NC(C)CC)C1CCCCC1. The van der Waals surface area contributed by atoms with Crippen LogP contribution in [0, 0.1) is 11.8 Å². The molecule has 0 aromatic heterocycles. The van der Waals surface area contributed by atoms with Crippen molar-refractivity contribution in [1.29, 1.82) is 0 Å². The quantitative estimate of drug-likeness (QED) is 0.255. The Balaban J connectivity index is 3.30. The molecule has 0 saturated heterocycles. The summed E-state index contributed by atoms with van der Waals surface area (Å²) in [6.07, 6.45) is 9.22. The van der Waals surface area contributed by atoms with Gasteiger partial charge in [0.05, 0.1) is 18.2 Å². The lowest BCUT2D eigenvalue weighted by atomic mass is 9.82. The van der Waals surface area contributed by atoms with E-state index in [0.717, 1.165) is 32.1 Å². The number of nitrogens with one attached hydrogen (secondary N) is 2. The number of hydrogen-bond donors (Lipinski definition) is 2. The Morgan fingerprint density at radius 3 is 2.08 bits per heavy atom. The summed E-state index contributed by atoms with van der Waals surface area (Å²) < 4.78 is 5.15. The molecule has 0 heterocycles. The second kappa shape index (κ2) is 15.4. The third kappa shape index (κ3) is 8.60. The van der Waals surface area contributed by atoms with E-state index in [2.05, 4.69) is 24.5 Å². The molecule has 0 aromatic rings. The molecule has 0 aliphatic heterocycles. The highest BCUT2D eigenvalue weighted by Gasteiger charge is 2.41. The second-order valence-corrected chi connectivity index (χ2v) is 10.8. The summed E-state index contributed by atoms with van der Waals surface area (Å²) in [7, 11) is 1.79. The van der Waals surface area contributed by atoms with E-state index in [9.17, 15) is 14.4 Å². The van der Waals surface area contributed by atoms with E-state index >= 15 is 0 Å². The molecule has 0 spiro atoms. The van der Waals surface area contributed by atoms with Gasteiger partial charge in [-0.05, 0) is 64.7 Å². The standard InChI is InChI=1S/C29H53N3O4/c1-10-22(8)31-29(11-2,12-3)28(35)30-25(23-17-15-14-16-18-23)26(33)32(9)24(20(5)6)19-21(7)27(34)36-13-4/h19-20,22-25,31H,10-18H2,1-9H3,(H,30,35)/b21-19+/t22?,24-,25+/m1/s1. The molecule has 208 valence electrons. The van der Waals surface area contributed by atoms with Crippen LogP contribution >= 0.6 is 0 Å². The molecule has 2 N–H and O–H groups in total. The number of likely N-dealkylation sites (N-methyl/N-ethyl adjacent to an activating group) is 1. The molecule has 1 aliphatic rings. The van der Waals surface area contributed by atoms with Crippen LogP contribution in [0.2, 0.25) is 0 Å². The van der Waals surface area contributed by atoms with E-state index in [1.807, 2.05) is 33.8 Å². The number of carbonyl (C=O) groups excluding carboxylic acids is 3. The van der Waals surface area contributed by atoms with Crippen LogP contribution < -0.4 is 10.6 Å². The lowest BCUT2D eigenvalue weighted by Crippen LogP contribution is -2.63. The molecule has 0 bridgehead atoms. The first-order valence-electron chi connectivity index (χ1n) is 14.2. The van der Waals surface area contributed by atoms with E-state index < -0.39 is 11.6 Å². The molecule has 0 aromatic carbocycles. The Bertz CT molecular complexity index is 739. The van der Waals surface area contributed by atoms with Crippen molar-refractivity contribution in [2.24, 2.45) is 11.8 Å². The van der Waals surface area contributed by atoms with Gasteiger partial charge in [0.15, 0.2) is 0 Å². The molecule has 1 rings (SSSR count). The van der Waals surface area contributed by atoms with E-state index in [-0.39, 0.29) is 41.7 Å². The highest BCUT2D eigenvalue weighted by molar-refractivity contribution is 5.93. The predicted molar refractivity (Wildman–Crippen MR) is 146 cm³/mol. The summed E-state index contributed by atoms with van der Waals surface area (Å²) in [5.74, 6) is -0.358. The molecule has 7 heteroatoms. The fourth-order valence-corrected chi connectivity index (χ4v) is 5.23. The van der Waals surface area contributed by atoms with Crippen LogP contribution in [0.25, 0.3) is 0 Å². The smallest absolute Gasteiger partial charge is 0.333 e. The number of rotatable bonds is 14. The summed E-state index contributed by atoms with van der Waals surface area (Å²) in [5, 5.41) is 6.77. The number of nitrogens with zero attached hydrogens (tertiary/aromatic N) is 1. The summed E-state index contributed by atoms with van der Waals surface area (Å²) in [5.41, 5.74) is -0.221. The van der Waals surface area contributed by atoms with Crippen LogP contribution in [0.1, 0.15) is 107 Å². The molecule has 2 amide bonds. The number of hydrogen-bond acceptors (Lipinski definition) is 5. The molecule has 1 fully saturated rings. The lowest BCUT2D eigenvalue weighted by molar-refractivity contribution is -0.141. The summed E-state index contributed by atoms with van der Waals surface area (Å²) in [6, 6.07) is -0.676. The van der Waals surface area contributed by atoms with Crippen molar-refractivity contribution in [3.63, 3.8) is 0 Å². The first-order chi connectivity index (χ1) is 17.0. The fraction of sp³-hybridized carbons (Fsp3) is 0.828. The molecular formula is C29H53N3O4. The van der Waals surface area contributed by atoms with Crippen molar-refractivity contribution >= 4 is 17.8 Å². The van der Waals surface area contributed by atoms with Crippen molar-refractivity contribution < 1.29 is 19.1 Å². The van der Waals surface area contributed by atoms with E-state index in [1.54, 1.807) is 25.8 Å². The van der Waals surface area contributed by atoms with E-state index in [4.69, 9.17) is 4.74 Å². The van der Waals surface area contributed by atoms with Crippen molar-refractivity contribution in [2.45, 2.75) is 130 Å². The second-order valence-electron chi connectivity index (χ2n) is 10.8. The van der Waals surface area contributed by atoms with Crippen LogP contribution in [-0.2, 0) is 19.1 Å². The van der Waals surface area contributed by atoms with Gasteiger partial charge in [-0.15, -0.1) is 0 Å². The van der Waals surface area contributed by atoms with Crippen LogP contribution in [0.4, 0.5) is 0 Å². The molecular weight excluding hydrogens is 454 g/mol. The molecule has 0 radical (unpaired) electrons. The Labute approximate surface area is 220 Å². The zero-order valence-corrected chi connectivity index (χ0v) is 24.4. The maximum Gasteiger partial charge on any atom is 0.333 e. The van der Waals surface area contributed by atoms with Gasteiger partial charge in [0.1, 0.15) is 6.04 Å². The van der Waals surface area contributed by atoms with Gasteiger partial charge >= 0.3 is 5.97 Å². The van der Waals surface area contributed by atoms with Gasteiger partial charge in [-0.3, -0.25) is 9.59 Å². The van der Waals surface area contributed by atoms with Crippen LogP contribution in [0.5, 0.6) is 0 Å². The first-order valence-corrected chi connectivity index (χ1v) is 14.2. The maximum absolute atomic E-state index is 14.0. The Morgan fingerprint density at radius 2 is 1.61 bits per heavy atom. The summed E-state index contributed by atoms with van der Waals surface area (Å²) >= 11 is 0. The van der Waals surface area contributed by atoms with Gasteiger partial charge in [0.25, 0.3) is 0 Å². The van der Waals surface area contributed by atoms with Crippen LogP contribution in [0.3, 0.4) is 0 Å². The van der Waals surface area contributed by atoms with Gasteiger partial charge in [-0.25, -0.2) is 4.79 Å². The number of ether oxygens (including phenoxy) is 1. The normalized spacial score (nSPS) is 17.9. The Hall–Kier alpha value is -1.89. The zero-order valence-electron chi connectivity index (χ0n) is 24.4. The van der Waals surface area contributed by atoms with Crippen LogP contribution in [0.15, 0.2) is 11.6 Å². The van der Waals surface area contributed by atoms with Gasteiger partial charge in [0.2, 0.25) is 11.8 Å². The third-order valence-electron chi connectivity index (χ3n) is 7.95. The Kier molecular flexibility index (Phi) is 13.7. The van der Waals surface area contributed by atoms with Gasteiger partial charge in [-0.2, -0.15) is 0 Å². The predicted octanol–water partition coefficient (Wildman–Crippen LogP) is 4.99. The Morgan fingerprint density at radius 1 is 1.03 bits per heavy atom. The molecule has 7 nitrogen and oxygen atoms in total. The van der Waals surface area contributed by atoms with Crippen molar-refractivity contribution in [2.75, 3.05) is 13.7 Å². The van der Waals surface area contributed by atoms with Gasteiger partial charge in [0, 0.05) is 18.7 Å². The number of carbonyl (C=O) groups is 3. The number of esters is 1.